The molecule has 0 aromatic heterocycles. The minimum absolute atomic E-state index is 0.0124. The summed E-state index contributed by atoms with van der Waals surface area (Å²) in [4.78, 5) is 39.7. The van der Waals surface area contributed by atoms with Gasteiger partial charge in [0.05, 0.1) is 18.1 Å². The highest BCUT2D eigenvalue weighted by molar-refractivity contribution is 5.89. The first-order valence-corrected chi connectivity index (χ1v) is 10.7. The number of likely N-dealkylation sites (tertiary alicyclic amines) is 1. The second kappa shape index (κ2) is 9.16. The molecule has 0 unspecified atom stereocenters. The van der Waals surface area contributed by atoms with Crippen molar-refractivity contribution in [2.24, 2.45) is 5.92 Å². The third-order valence-corrected chi connectivity index (χ3v) is 6.88. The van der Waals surface area contributed by atoms with E-state index in [2.05, 4.69) is 17.4 Å². The Morgan fingerprint density at radius 1 is 1.23 bits per heavy atom. The Hall–Kier alpha value is -2.41. The molecule has 1 saturated heterocycles. The number of nitrogens with one attached hydrogen (secondary N) is 1. The molecule has 2 aliphatic rings. The van der Waals surface area contributed by atoms with Crippen LogP contribution in [0.4, 0.5) is 0 Å². The Morgan fingerprint density at radius 2 is 1.90 bits per heavy atom. The maximum absolute atomic E-state index is 13.0. The molecule has 0 radical (unpaired) electrons. The summed E-state index contributed by atoms with van der Waals surface area (Å²) in [5, 5.41) is 13.9. The number of aliphatic hydroxyl groups excluding tert-OH is 1. The average molecular weight is 416 g/mol. The molecular formula is C23H33N3O4. The van der Waals surface area contributed by atoms with Gasteiger partial charge in [-0.15, -0.1) is 0 Å². The molecule has 7 nitrogen and oxygen atoms in total. The van der Waals surface area contributed by atoms with Crippen molar-refractivity contribution in [2.75, 3.05) is 27.2 Å². The van der Waals surface area contributed by atoms with Gasteiger partial charge in [0.15, 0.2) is 0 Å². The van der Waals surface area contributed by atoms with Crippen molar-refractivity contribution in [3.05, 3.63) is 35.9 Å². The van der Waals surface area contributed by atoms with E-state index >= 15 is 0 Å². The number of benzene rings is 1. The highest BCUT2D eigenvalue weighted by atomic mass is 16.3. The SMILES string of the molecule is CC(=O)NC[C@]1(c2ccccc2)CC[C@@H](O)[C@H](N(C)C(=O)[C@H]2CC(=O)N(C)C2)CC1. The summed E-state index contributed by atoms with van der Waals surface area (Å²) in [5.41, 5.74) is 0.861. The number of carbonyl (C=O) groups excluding carboxylic acids is 3. The van der Waals surface area contributed by atoms with Crippen LogP contribution < -0.4 is 5.32 Å². The normalized spacial score (nSPS) is 29.4. The fourth-order valence-corrected chi connectivity index (χ4v) is 4.94. The number of hydrogen-bond acceptors (Lipinski definition) is 4. The summed E-state index contributed by atoms with van der Waals surface area (Å²) >= 11 is 0. The lowest BCUT2D eigenvalue weighted by Gasteiger charge is -2.34. The Labute approximate surface area is 178 Å². The predicted octanol–water partition coefficient (Wildman–Crippen LogP) is 1.30. The molecule has 0 spiro atoms. The average Bonchev–Trinajstić information content (AvgIpc) is 2.97. The third-order valence-electron chi connectivity index (χ3n) is 6.88. The lowest BCUT2D eigenvalue weighted by atomic mass is 9.74. The number of likely N-dealkylation sites (N-methyl/N-ethyl adjacent to an activating group) is 1. The molecule has 2 N–H and O–H groups in total. The van der Waals surface area contributed by atoms with E-state index < -0.39 is 6.10 Å². The van der Waals surface area contributed by atoms with Crippen LogP contribution in [0.5, 0.6) is 0 Å². The molecule has 1 heterocycles. The molecule has 2 fully saturated rings. The van der Waals surface area contributed by atoms with E-state index in [1.54, 1.807) is 23.9 Å². The van der Waals surface area contributed by atoms with Gasteiger partial charge in [0, 0.05) is 45.9 Å². The predicted molar refractivity (Wildman–Crippen MR) is 114 cm³/mol. The number of amides is 3. The topological polar surface area (TPSA) is 90.0 Å². The number of rotatable bonds is 5. The highest BCUT2D eigenvalue weighted by Gasteiger charge is 2.42. The molecule has 1 aliphatic heterocycles. The van der Waals surface area contributed by atoms with Crippen molar-refractivity contribution in [1.29, 1.82) is 0 Å². The van der Waals surface area contributed by atoms with Gasteiger partial charge in [0.2, 0.25) is 17.7 Å². The van der Waals surface area contributed by atoms with Crippen molar-refractivity contribution in [3.63, 3.8) is 0 Å². The zero-order valence-electron chi connectivity index (χ0n) is 18.1. The zero-order chi connectivity index (χ0) is 21.9. The van der Waals surface area contributed by atoms with Gasteiger partial charge in [-0.25, -0.2) is 0 Å². The molecule has 1 saturated carbocycles. The van der Waals surface area contributed by atoms with E-state index in [-0.39, 0.29) is 41.5 Å². The van der Waals surface area contributed by atoms with Crippen LogP contribution in [0.25, 0.3) is 0 Å². The van der Waals surface area contributed by atoms with E-state index in [4.69, 9.17) is 0 Å². The van der Waals surface area contributed by atoms with E-state index in [0.29, 0.717) is 25.9 Å². The van der Waals surface area contributed by atoms with E-state index in [9.17, 15) is 19.5 Å². The first-order chi connectivity index (χ1) is 14.2. The first kappa shape index (κ1) is 22.3. The van der Waals surface area contributed by atoms with Crippen LogP contribution in [0.2, 0.25) is 0 Å². The Bertz CT molecular complexity index is 784. The third kappa shape index (κ3) is 4.67. The van der Waals surface area contributed by atoms with Crippen molar-refractivity contribution >= 4 is 17.7 Å². The van der Waals surface area contributed by atoms with Gasteiger partial charge in [0.1, 0.15) is 0 Å². The smallest absolute Gasteiger partial charge is 0.228 e. The van der Waals surface area contributed by atoms with E-state index in [1.807, 2.05) is 18.2 Å². The zero-order valence-corrected chi connectivity index (χ0v) is 18.1. The van der Waals surface area contributed by atoms with Gasteiger partial charge in [-0.3, -0.25) is 14.4 Å². The summed E-state index contributed by atoms with van der Waals surface area (Å²) in [6.45, 7) is 2.45. The van der Waals surface area contributed by atoms with Crippen LogP contribution in [-0.2, 0) is 19.8 Å². The number of aliphatic hydroxyl groups is 1. The largest absolute Gasteiger partial charge is 0.391 e. The van der Waals surface area contributed by atoms with Crippen molar-refractivity contribution < 1.29 is 19.5 Å². The lowest BCUT2D eigenvalue weighted by molar-refractivity contribution is -0.139. The summed E-state index contributed by atoms with van der Waals surface area (Å²) < 4.78 is 0. The number of carbonyl (C=O) groups is 3. The van der Waals surface area contributed by atoms with Crippen LogP contribution >= 0.6 is 0 Å². The maximum atomic E-state index is 13.0. The van der Waals surface area contributed by atoms with Gasteiger partial charge in [0.25, 0.3) is 0 Å². The van der Waals surface area contributed by atoms with Gasteiger partial charge in [-0.05, 0) is 31.2 Å². The molecule has 164 valence electrons. The quantitative estimate of drug-likeness (QED) is 0.710. The summed E-state index contributed by atoms with van der Waals surface area (Å²) in [7, 11) is 3.45. The van der Waals surface area contributed by atoms with Crippen molar-refractivity contribution in [3.8, 4) is 0 Å². The van der Waals surface area contributed by atoms with Gasteiger partial charge >= 0.3 is 0 Å². The molecule has 3 rings (SSSR count). The molecule has 4 atom stereocenters. The Morgan fingerprint density at radius 3 is 2.50 bits per heavy atom. The second-order valence-corrected chi connectivity index (χ2v) is 8.89. The van der Waals surface area contributed by atoms with Crippen LogP contribution in [0, 0.1) is 5.92 Å². The molecule has 1 aromatic rings. The van der Waals surface area contributed by atoms with Crippen molar-refractivity contribution in [1.82, 2.24) is 15.1 Å². The van der Waals surface area contributed by atoms with Crippen LogP contribution in [0.15, 0.2) is 30.3 Å². The molecule has 1 aromatic carbocycles. The minimum Gasteiger partial charge on any atom is -0.391 e. The minimum atomic E-state index is -0.642. The first-order valence-electron chi connectivity index (χ1n) is 10.7. The van der Waals surface area contributed by atoms with Gasteiger partial charge in [-0.2, -0.15) is 0 Å². The lowest BCUT2D eigenvalue weighted by Crippen LogP contribution is -2.47. The summed E-state index contributed by atoms with van der Waals surface area (Å²) in [5.74, 6) is -0.512. The molecular weight excluding hydrogens is 382 g/mol. The molecule has 7 heteroatoms. The van der Waals surface area contributed by atoms with Crippen LogP contribution in [0.3, 0.4) is 0 Å². The maximum Gasteiger partial charge on any atom is 0.228 e. The molecule has 1 aliphatic carbocycles. The Balaban J connectivity index is 1.78. The summed E-state index contributed by atoms with van der Waals surface area (Å²) in [6, 6.07) is 9.80. The standard InChI is InChI=1S/C23H33N3O4/c1-16(27)24-15-23(18-7-5-4-6-8-18)11-9-19(20(28)10-12-23)26(3)22(30)17-13-21(29)25(2)14-17/h4-8,17,19-20,28H,9-15H2,1-3H3,(H,24,27)/t17-,19+,20+,23+/m0/s1. The number of nitrogens with zero attached hydrogens (tertiary/aromatic N) is 2. The van der Waals surface area contributed by atoms with Gasteiger partial charge in [-0.1, -0.05) is 30.3 Å². The monoisotopic (exact) mass is 415 g/mol. The fraction of sp³-hybridized carbons (Fsp3) is 0.609. The van der Waals surface area contributed by atoms with Gasteiger partial charge < -0.3 is 20.2 Å². The Kier molecular flexibility index (Phi) is 6.81. The second-order valence-electron chi connectivity index (χ2n) is 8.89. The molecule has 0 bridgehead atoms. The highest BCUT2D eigenvalue weighted by Crippen LogP contribution is 2.39. The van der Waals surface area contributed by atoms with E-state index in [1.165, 1.54) is 6.92 Å². The van der Waals surface area contributed by atoms with Crippen LogP contribution in [0.1, 0.15) is 44.6 Å². The van der Waals surface area contributed by atoms with Crippen LogP contribution in [-0.4, -0.2) is 72.0 Å². The molecule has 3 amide bonds. The summed E-state index contributed by atoms with van der Waals surface area (Å²) in [6.07, 6.45) is 2.24. The number of hydrogen-bond donors (Lipinski definition) is 2. The van der Waals surface area contributed by atoms with E-state index in [0.717, 1.165) is 18.4 Å². The van der Waals surface area contributed by atoms with Crippen molar-refractivity contribution in [2.45, 2.75) is 56.6 Å². The fourth-order valence-electron chi connectivity index (χ4n) is 4.94. The molecule has 30 heavy (non-hydrogen) atoms.